The van der Waals surface area contributed by atoms with Crippen LogP contribution in [0.1, 0.15) is 49.4 Å². The lowest BCUT2D eigenvalue weighted by Crippen LogP contribution is -2.44. The zero-order valence-electron chi connectivity index (χ0n) is 24.0. The fraction of sp³-hybridized carbons (Fsp3) is 0.515. The SMILES string of the molecule is CCN(CC)CCc1ccc(CN(CC)C2C=C(OC)C(OC)=CC2[C@@H]2CCc3cc(O)ccc3C2)cc1. The number of aryl methyl sites for hydroxylation is 1. The molecule has 0 aliphatic heterocycles. The van der Waals surface area contributed by atoms with E-state index in [9.17, 15) is 5.11 Å². The van der Waals surface area contributed by atoms with Crippen LogP contribution in [0.5, 0.6) is 5.75 Å². The monoisotopic (exact) mass is 518 g/mol. The minimum atomic E-state index is 0.222. The van der Waals surface area contributed by atoms with Gasteiger partial charge in [-0.05, 0) is 97.8 Å². The summed E-state index contributed by atoms with van der Waals surface area (Å²) in [4.78, 5) is 5.05. The highest BCUT2D eigenvalue weighted by Gasteiger charge is 2.36. The average Bonchev–Trinajstić information content (AvgIpc) is 2.96. The van der Waals surface area contributed by atoms with Crippen molar-refractivity contribution in [2.75, 3.05) is 40.4 Å². The van der Waals surface area contributed by atoms with E-state index in [-0.39, 0.29) is 6.04 Å². The van der Waals surface area contributed by atoms with E-state index in [1.54, 1.807) is 14.2 Å². The molecule has 2 aliphatic carbocycles. The molecular weight excluding hydrogens is 472 g/mol. The minimum Gasteiger partial charge on any atom is -0.508 e. The number of nitrogens with zero attached hydrogens (tertiary/aromatic N) is 2. The van der Waals surface area contributed by atoms with Crippen molar-refractivity contribution in [1.82, 2.24) is 9.80 Å². The number of hydrogen-bond acceptors (Lipinski definition) is 5. The highest BCUT2D eigenvalue weighted by Crippen LogP contribution is 2.39. The molecule has 2 aromatic rings. The Morgan fingerprint density at radius 3 is 2.18 bits per heavy atom. The third-order valence-electron chi connectivity index (χ3n) is 8.59. The zero-order valence-corrected chi connectivity index (χ0v) is 24.0. The zero-order chi connectivity index (χ0) is 27.1. The number of methoxy groups -OCH3 is 2. The summed E-state index contributed by atoms with van der Waals surface area (Å²) in [5, 5.41) is 9.95. The molecule has 38 heavy (non-hydrogen) atoms. The number of phenols is 1. The van der Waals surface area contributed by atoms with Crippen LogP contribution in [0.2, 0.25) is 0 Å². The third-order valence-corrected chi connectivity index (χ3v) is 8.59. The van der Waals surface area contributed by atoms with Gasteiger partial charge in [0.25, 0.3) is 0 Å². The molecule has 0 spiro atoms. The van der Waals surface area contributed by atoms with E-state index in [1.807, 2.05) is 12.1 Å². The van der Waals surface area contributed by atoms with Gasteiger partial charge in [-0.2, -0.15) is 0 Å². The van der Waals surface area contributed by atoms with Crippen LogP contribution in [0, 0.1) is 11.8 Å². The number of ether oxygens (including phenoxy) is 2. The number of phenolic OH excluding ortho intramolecular Hbond substituents is 1. The molecule has 0 aromatic heterocycles. The Morgan fingerprint density at radius 1 is 0.842 bits per heavy atom. The standard InChI is InChI=1S/C33H46N2O3/c1-6-34(7-2)18-17-24-9-11-25(12-10-24)23-35(8-3)31-22-33(38-5)32(37-4)21-30(31)28-14-13-27-20-29(36)16-15-26(27)19-28/h9-12,15-16,20-22,28,30-31,36H,6-8,13-14,17-19,23H2,1-5H3/t28-,30?,31?/m1/s1. The van der Waals surface area contributed by atoms with E-state index in [4.69, 9.17) is 9.47 Å². The second-order valence-electron chi connectivity index (χ2n) is 10.7. The van der Waals surface area contributed by atoms with Crippen LogP contribution in [-0.2, 0) is 35.3 Å². The highest BCUT2D eigenvalue weighted by molar-refractivity contribution is 5.38. The van der Waals surface area contributed by atoms with Crippen LogP contribution in [0.3, 0.4) is 0 Å². The number of benzene rings is 2. The first-order valence-corrected chi connectivity index (χ1v) is 14.4. The van der Waals surface area contributed by atoms with Gasteiger partial charge in [0.1, 0.15) is 5.75 Å². The van der Waals surface area contributed by atoms with Gasteiger partial charge in [-0.15, -0.1) is 0 Å². The second-order valence-corrected chi connectivity index (χ2v) is 10.7. The van der Waals surface area contributed by atoms with Gasteiger partial charge in [0.2, 0.25) is 0 Å². The highest BCUT2D eigenvalue weighted by atomic mass is 16.5. The largest absolute Gasteiger partial charge is 0.508 e. The van der Waals surface area contributed by atoms with Gasteiger partial charge in [-0.1, -0.05) is 51.1 Å². The van der Waals surface area contributed by atoms with Crippen LogP contribution >= 0.6 is 0 Å². The van der Waals surface area contributed by atoms with E-state index >= 15 is 0 Å². The van der Waals surface area contributed by atoms with Crippen molar-refractivity contribution in [3.05, 3.63) is 88.4 Å². The summed E-state index contributed by atoms with van der Waals surface area (Å²) in [5.74, 6) is 2.83. The number of hydrogen-bond donors (Lipinski definition) is 1. The third kappa shape index (κ3) is 6.62. The van der Waals surface area contributed by atoms with E-state index in [0.29, 0.717) is 17.6 Å². The Morgan fingerprint density at radius 2 is 1.53 bits per heavy atom. The molecule has 0 saturated heterocycles. The number of rotatable bonds is 12. The Kier molecular flexibility index (Phi) is 9.92. The first-order chi connectivity index (χ1) is 18.5. The number of fused-ring (bicyclic) bond motifs is 1. The molecule has 0 bridgehead atoms. The average molecular weight is 519 g/mol. The summed E-state index contributed by atoms with van der Waals surface area (Å²) in [6, 6.07) is 15.3. The van der Waals surface area contributed by atoms with Crippen molar-refractivity contribution in [3.8, 4) is 5.75 Å². The smallest absolute Gasteiger partial charge is 0.158 e. The molecule has 206 valence electrons. The van der Waals surface area contributed by atoms with E-state index < -0.39 is 0 Å². The molecule has 2 aliphatic rings. The topological polar surface area (TPSA) is 45.2 Å². The molecule has 4 rings (SSSR count). The lowest BCUT2D eigenvalue weighted by atomic mass is 9.72. The summed E-state index contributed by atoms with van der Waals surface area (Å²) in [6.45, 7) is 11.9. The molecule has 5 nitrogen and oxygen atoms in total. The fourth-order valence-electron chi connectivity index (χ4n) is 6.20. The molecule has 0 heterocycles. The molecule has 2 unspecified atom stereocenters. The summed E-state index contributed by atoms with van der Waals surface area (Å²) < 4.78 is 11.5. The molecule has 5 heteroatoms. The van der Waals surface area contributed by atoms with Gasteiger partial charge in [-0.25, -0.2) is 0 Å². The van der Waals surface area contributed by atoms with Crippen molar-refractivity contribution < 1.29 is 14.6 Å². The van der Waals surface area contributed by atoms with Crippen LogP contribution in [0.4, 0.5) is 0 Å². The van der Waals surface area contributed by atoms with Crippen molar-refractivity contribution in [1.29, 1.82) is 0 Å². The van der Waals surface area contributed by atoms with E-state index in [2.05, 4.69) is 73.1 Å². The molecule has 2 aromatic carbocycles. The normalized spacial score (nSPS) is 21.2. The van der Waals surface area contributed by atoms with Crippen LogP contribution in [0.15, 0.2) is 66.1 Å². The van der Waals surface area contributed by atoms with E-state index in [0.717, 1.165) is 69.9 Å². The number of likely N-dealkylation sites (N-methyl/N-ethyl adjacent to an activating group) is 2. The summed E-state index contributed by atoms with van der Waals surface area (Å²) in [5.41, 5.74) is 5.39. The Bertz CT molecular complexity index is 1100. The van der Waals surface area contributed by atoms with Gasteiger partial charge in [0.05, 0.1) is 14.2 Å². The summed E-state index contributed by atoms with van der Waals surface area (Å²) >= 11 is 0. The first kappa shape index (κ1) is 28.3. The predicted octanol–water partition coefficient (Wildman–Crippen LogP) is 5.96. The van der Waals surface area contributed by atoms with Crippen molar-refractivity contribution in [2.45, 2.75) is 59.0 Å². The van der Waals surface area contributed by atoms with Gasteiger partial charge >= 0.3 is 0 Å². The molecule has 0 radical (unpaired) electrons. The Hall–Kier alpha value is -2.76. The van der Waals surface area contributed by atoms with Gasteiger partial charge in [0.15, 0.2) is 11.5 Å². The molecule has 0 fully saturated rings. The molecule has 3 atom stereocenters. The second kappa shape index (κ2) is 13.3. The quantitative estimate of drug-likeness (QED) is 0.376. The van der Waals surface area contributed by atoms with Gasteiger partial charge in [0, 0.05) is 25.0 Å². The van der Waals surface area contributed by atoms with Gasteiger partial charge < -0.3 is 19.5 Å². The predicted molar refractivity (Wildman–Crippen MR) is 155 cm³/mol. The fourth-order valence-corrected chi connectivity index (χ4v) is 6.20. The van der Waals surface area contributed by atoms with Crippen molar-refractivity contribution in [2.24, 2.45) is 11.8 Å². The first-order valence-electron chi connectivity index (χ1n) is 14.4. The van der Waals surface area contributed by atoms with Crippen LogP contribution in [-0.4, -0.2) is 61.3 Å². The maximum atomic E-state index is 9.95. The summed E-state index contributed by atoms with van der Waals surface area (Å²) in [6.07, 6.45) is 8.78. The van der Waals surface area contributed by atoms with Crippen LogP contribution < -0.4 is 0 Å². The molecule has 0 saturated carbocycles. The molecule has 0 amide bonds. The van der Waals surface area contributed by atoms with Crippen molar-refractivity contribution in [3.63, 3.8) is 0 Å². The van der Waals surface area contributed by atoms with E-state index in [1.165, 1.54) is 22.3 Å². The van der Waals surface area contributed by atoms with Crippen molar-refractivity contribution >= 4 is 0 Å². The van der Waals surface area contributed by atoms with Crippen LogP contribution in [0.25, 0.3) is 0 Å². The minimum absolute atomic E-state index is 0.222. The summed E-state index contributed by atoms with van der Waals surface area (Å²) in [7, 11) is 3.46. The van der Waals surface area contributed by atoms with Gasteiger partial charge in [-0.3, -0.25) is 4.90 Å². The maximum Gasteiger partial charge on any atom is 0.158 e. The maximum absolute atomic E-state index is 9.95. The Labute approximate surface area is 229 Å². The lowest BCUT2D eigenvalue weighted by molar-refractivity contribution is 0.132. The number of aromatic hydroxyl groups is 1. The molecule has 1 N–H and O–H groups in total. The molecular formula is C33H46N2O3. The lowest BCUT2D eigenvalue weighted by Gasteiger charge is -2.41. The Balaban J connectivity index is 1.53.